The van der Waals surface area contributed by atoms with E-state index in [2.05, 4.69) is 15.7 Å². The molecule has 2 N–H and O–H groups in total. The molecular formula is C11H19N3O. The van der Waals surface area contributed by atoms with Gasteiger partial charge in [-0.2, -0.15) is 0 Å². The summed E-state index contributed by atoms with van der Waals surface area (Å²) in [5.74, 6) is 1.05. The van der Waals surface area contributed by atoms with Crippen molar-refractivity contribution >= 4 is 0 Å². The number of ether oxygens (including phenoxy) is 1. The van der Waals surface area contributed by atoms with E-state index in [1.54, 1.807) is 0 Å². The number of imidazole rings is 1. The summed E-state index contributed by atoms with van der Waals surface area (Å²) >= 11 is 0. The molecule has 0 saturated heterocycles. The summed E-state index contributed by atoms with van der Waals surface area (Å²) in [6.45, 7) is 5.77. The Morgan fingerprint density at radius 3 is 3.20 bits per heavy atom. The fraction of sp³-hybridized carbons (Fsp3) is 0.727. The molecular weight excluding hydrogens is 190 g/mol. The van der Waals surface area contributed by atoms with Crippen LogP contribution < -0.4 is 5.73 Å². The van der Waals surface area contributed by atoms with Gasteiger partial charge in [0.2, 0.25) is 0 Å². The minimum absolute atomic E-state index is 0.00498. The second-order valence-electron chi connectivity index (χ2n) is 4.09. The highest BCUT2D eigenvalue weighted by molar-refractivity contribution is 5.11. The molecule has 0 aliphatic carbocycles. The molecule has 0 spiro atoms. The van der Waals surface area contributed by atoms with Gasteiger partial charge in [0.25, 0.3) is 0 Å². The van der Waals surface area contributed by atoms with Gasteiger partial charge in [0.05, 0.1) is 5.69 Å². The average Bonchev–Trinajstić information content (AvgIpc) is 2.63. The summed E-state index contributed by atoms with van der Waals surface area (Å²) in [7, 11) is 0. The number of rotatable bonds is 3. The first-order valence-corrected chi connectivity index (χ1v) is 5.66. The van der Waals surface area contributed by atoms with Crippen molar-refractivity contribution < 1.29 is 4.74 Å². The number of nitrogens with two attached hydrogens (primary N) is 1. The van der Waals surface area contributed by atoms with E-state index in [0.29, 0.717) is 0 Å². The van der Waals surface area contributed by atoms with Gasteiger partial charge in [-0.15, -0.1) is 0 Å². The Morgan fingerprint density at radius 1 is 1.73 bits per heavy atom. The van der Waals surface area contributed by atoms with Crippen LogP contribution in [0.5, 0.6) is 0 Å². The quantitative estimate of drug-likeness (QED) is 0.825. The lowest BCUT2D eigenvalue weighted by molar-refractivity contribution is 0.0366. The number of fused-ring (bicyclic) bond motifs is 1. The van der Waals surface area contributed by atoms with Crippen molar-refractivity contribution in [2.45, 2.75) is 45.4 Å². The van der Waals surface area contributed by atoms with Crippen LogP contribution in [-0.4, -0.2) is 16.2 Å². The second-order valence-corrected chi connectivity index (χ2v) is 4.09. The standard InChI is InChI=1S/C11H19N3O/c1-3-15-10-5-4-6-14-7-9(8(2)12)13-11(10)14/h7-8,10H,3-6,12H2,1-2H3. The van der Waals surface area contributed by atoms with E-state index in [1.165, 1.54) is 0 Å². The van der Waals surface area contributed by atoms with Crippen molar-refractivity contribution in [3.63, 3.8) is 0 Å². The summed E-state index contributed by atoms with van der Waals surface area (Å²) in [4.78, 5) is 4.56. The van der Waals surface area contributed by atoms with Crippen molar-refractivity contribution in [1.29, 1.82) is 0 Å². The van der Waals surface area contributed by atoms with Crippen LogP contribution in [0.2, 0.25) is 0 Å². The minimum Gasteiger partial charge on any atom is -0.371 e. The largest absolute Gasteiger partial charge is 0.371 e. The molecule has 0 aromatic carbocycles. The highest BCUT2D eigenvalue weighted by Gasteiger charge is 2.23. The van der Waals surface area contributed by atoms with Gasteiger partial charge in [0.15, 0.2) is 0 Å². The van der Waals surface area contributed by atoms with E-state index in [0.717, 1.165) is 37.5 Å². The van der Waals surface area contributed by atoms with Crippen molar-refractivity contribution in [2.75, 3.05) is 6.61 Å². The normalized spacial score (nSPS) is 22.5. The van der Waals surface area contributed by atoms with Crippen LogP contribution in [0.1, 0.15) is 50.4 Å². The second kappa shape index (κ2) is 4.33. The summed E-state index contributed by atoms with van der Waals surface area (Å²) in [5, 5.41) is 0. The molecule has 84 valence electrons. The van der Waals surface area contributed by atoms with Gasteiger partial charge < -0.3 is 15.0 Å². The molecule has 0 radical (unpaired) electrons. The Labute approximate surface area is 90.4 Å². The van der Waals surface area contributed by atoms with E-state index in [1.807, 2.05) is 13.8 Å². The third kappa shape index (κ3) is 2.06. The molecule has 0 amide bonds. The monoisotopic (exact) mass is 209 g/mol. The molecule has 1 aliphatic rings. The van der Waals surface area contributed by atoms with Crippen molar-refractivity contribution in [3.05, 3.63) is 17.7 Å². The lowest BCUT2D eigenvalue weighted by Crippen LogP contribution is -2.17. The first-order valence-electron chi connectivity index (χ1n) is 5.66. The van der Waals surface area contributed by atoms with Crippen LogP contribution in [0.3, 0.4) is 0 Å². The Kier molecular flexibility index (Phi) is 3.07. The Balaban J connectivity index is 2.26. The Hall–Kier alpha value is -0.870. The van der Waals surface area contributed by atoms with Crippen LogP contribution in [0.15, 0.2) is 6.20 Å². The highest BCUT2D eigenvalue weighted by atomic mass is 16.5. The molecule has 1 aromatic heterocycles. The van der Waals surface area contributed by atoms with Crippen LogP contribution in [-0.2, 0) is 11.3 Å². The van der Waals surface area contributed by atoms with Crippen molar-refractivity contribution in [1.82, 2.24) is 9.55 Å². The molecule has 4 nitrogen and oxygen atoms in total. The predicted octanol–water partition coefficient (Wildman–Crippen LogP) is 1.77. The van der Waals surface area contributed by atoms with Gasteiger partial charge in [-0.25, -0.2) is 4.98 Å². The molecule has 4 heteroatoms. The smallest absolute Gasteiger partial charge is 0.138 e. The van der Waals surface area contributed by atoms with E-state index in [9.17, 15) is 0 Å². The number of hydrogen-bond donors (Lipinski definition) is 1. The maximum atomic E-state index is 5.83. The first-order chi connectivity index (χ1) is 7.22. The highest BCUT2D eigenvalue weighted by Crippen LogP contribution is 2.28. The Bertz CT molecular complexity index is 333. The van der Waals surface area contributed by atoms with Crippen molar-refractivity contribution in [2.24, 2.45) is 5.73 Å². The van der Waals surface area contributed by atoms with Gasteiger partial charge in [-0.1, -0.05) is 0 Å². The van der Waals surface area contributed by atoms with Crippen molar-refractivity contribution in [3.8, 4) is 0 Å². The van der Waals surface area contributed by atoms with Crippen LogP contribution >= 0.6 is 0 Å². The molecule has 0 saturated carbocycles. The van der Waals surface area contributed by atoms with E-state index in [-0.39, 0.29) is 12.1 Å². The minimum atomic E-state index is 0.00498. The number of aromatic nitrogens is 2. The summed E-state index contributed by atoms with van der Waals surface area (Å²) in [5.41, 5.74) is 6.80. The SMILES string of the molecule is CCOC1CCCn2cc(C(C)N)nc21. The lowest BCUT2D eigenvalue weighted by Gasteiger charge is -2.22. The summed E-state index contributed by atoms with van der Waals surface area (Å²) in [6, 6.07) is 0.00498. The number of aryl methyl sites for hydroxylation is 1. The average molecular weight is 209 g/mol. The molecule has 2 unspecified atom stereocenters. The van der Waals surface area contributed by atoms with Gasteiger partial charge in [0.1, 0.15) is 11.9 Å². The van der Waals surface area contributed by atoms with Gasteiger partial charge >= 0.3 is 0 Å². The van der Waals surface area contributed by atoms with E-state index >= 15 is 0 Å². The van der Waals surface area contributed by atoms with E-state index in [4.69, 9.17) is 10.5 Å². The number of hydrogen-bond acceptors (Lipinski definition) is 3. The molecule has 2 heterocycles. The van der Waals surface area contributed by atoms with Gasteiger partial charge in [-0.3, -0.25) is 0 Å². The molecule has 1 aromatic rings. The third-order valence-electron chi connectivity index (χ3n) is 2.81. The fourth-order valence-electron chi connectivity index (χ4n) is 2.04. The number of nitrogens with zero attached hydrogens (tertiary/aromatic N) is 2. The van der Waals surface area contributed by atoms with Gasteiger partial charge in [-0.05, 0) is 26.7 Å². The molecule has 1 aliphatic heterocycles. The molecule has 0 bridgehead atoms. The fourth-order valence-corrected chi connectivity index (χ4v) is 2.04. The Morgan fingerprint density at radius 2 is 2.53 bits per heavy atom. The maximum absolute atomic E-state index is 5.83. The zero-order chi connectivity index (χ0) is 10.8. The first kappa shape index (κ1) is 10.6. The molecule has 2 atom stereocenters. The van der Waals surface area contributed by atoms with Crippen LogP contribution in [0, 0.1) is 0 Å². The third-order valence-corrected chi connectivity index (χ3v) is 2.81. The topological polar surface area (TPSA) is 53.1 Å². The zero-order valence-corrected chi connectivity index (χ0v) is 9.44. The van der Waals surface area contributed by atoms with Crippen LogP contribution in [0.25, 0.3) is 0 Å². The lowest BCUT2D eigenvalue weighted by atomic mass is 10.1. The predicted molar refractivity (Wildman–Crippen MR) is 58.4 cm³/mol. The molecule has 15 heavy (non-hydrogen) atoms. The zero-order valence-electron chi connectivity index (χ0n) is 9.44. The summed E-state index contributed by atoms with van der Waals surface area (Å²) < 4.78 is 7.86. The molecule has 0 fully saturated rings. The van der Waals surface area contributed by atoms with E-state index < -0.39 is 0 Å². The van der Waals surface area contributed by atoms with Gasteiger partial charge in [0, 0.05) is 25.4 Å². The molecule has 2 rings (SSSR count). The van der Waals surface area contributed by atoms with Crippen LogP contribution in [0.4, 0.5) is 0 Å². The maximum Gasteiger partial charge on any atom is 0.138 e. The summed E-state index contributed by atoms with van der Waals surface area (Å²) in [6.07, 6.45) is 4.46.